The number of hydrogen-bond donors (Lipinski definition) is 2. The molecule has 0 atom stereocenters. The minimum Gasteiger partial charge on any atom is -0.367 e. The average Bonchev–Trinajstić information content (AvgIpc) is 2.39. The van der Waals surface area contributed by atoms with Crippen LogP contribution in [0.4, 0.5) is 5.69 Å². The predicted octanol–water partition coefficient (Wildman–Crippen LogP) is 2.34. The second-order valence-corrected chi connectivity index (χ2v) is 6.25. The molecule has 1 aromatic rings. The van der Waals surface area contributed by atoms with Crippen LogP contribution in [0, 0.1) is 12.3 Å². The highest BCUT2D eigenvalue weighted by atomic mass is 15.2. The summed E-state index contributed by atoms with van der Waals surface area (Å²) in [5.41, 5.74) is 3.80. The summed E-state index contributed by atoms with van der Waals surface area (Å²) in [7, 11) is 0. The van der Waals surface area contributed by atoms with Crippen molar-refractivity contribution in [2.45, 2.75) is 39.7 Å². The van der Waals surface area contributed by atoms with E-state index >= 15 is 0 Å². The summed E-state index contributed by atoms with van der Waals surface area (Å²) in [6.45, 7) is 15.6. The molecule has 2 rings (SSSR count). The highest BCUT2D eigenvalue weighted by Crippen LogP contribution is 2.20. The third-order valence-electron chi connectivity index (χ3n) is 3.93. The lowest BCUT2D eigenvalue weighted by Crippen LogP contribution is -2.57. The Morgan fingerprint density at radius 3 is 2.80 bits per heavy atom. The number of aromatic nitrogens is 1. The molecule has 0 saturated carbocycles. The highest BCUT2D eigenvalue weighted by Gasteiger charge is 2.26. The Hall–Kier alpha value is -1.55. The molecule has 0 aromatic carbocycles. The molecule has 0 unspecified atom stereocenters. The van der Waals surface area contributed by atoms with Gasteiger partial charge < -0.3 is 14.8 Å². The molecule has 1 aliphatic rings. The Labute approximate surface area is 121 Å². The van der Waals surface area contributed by atoms with Gasteiger partial charge in [-0.2, -0.15) is 0 Å². The number of pyridine rings is 1. The van der Waals surface area contributed by atoms with Crippen molar-refractivity contribution in [3.05, 3.63) is 29.9 Å². The number of allylic oxidation sites excluding steroid dienone is 1. The molecule has 110 valence electrons. The van der Waals surface area contributed by atoms with Gasteiger partial charge in [-0.3, -0.25) is 5.41 Å². The number of anilines is 1. The largest absolute Gasteiger partial charge is 0.367 e. The summed E-state index contributed by atoms with van der Waals surface area (Å²) in [5.74, 6) is 0. The summed E-state index contributed by atoms with van der Waals surface area (Å²) < 4.78 is 1.92. The van der Waals surface area contributed by atoms with Gasteiger partial charge in [0.2, 0.25) is 0 Å². The first-order chi connectivity index (χ1) is 9.34. The quantitative estimate of drug-likeness (QED) is 0.888. The van der Waals surface area contributed by atoms with Crippen LogP contribution in [0.5, 0.6) is 0 Å². The molecule has 20 heavy (non-hydrogen) atoms. The second kappa shape index (κ2) is 5.44. The molecule has 2 heterocycles. The Bertz CT molecular complexity index is 568. The molecule has 1 saturated heterocycles. The zero-order valence-electron chi connectivity index (χ0n) is 13.1. The van der Waals surface area contributed by atoms with Crippen LogP contribution < -0.4 is 15.7 Å². The van der Waals surface area contributed by atoms with E-state index < -0.39 is 0 Å². The highest BCUT2D eigenvalue weighted by molar-refractivity contribution is 5.52. The standard InChI is InChI=1S/C16H26N4/c1-6-13(3)20-10-14(9-12(2)15(20)17)19-8-7-18-16(4,5)11-19/h9-10,17-18H,3,6-8,11H2,1-2,4-5H3. The van der Waals surface area contributed by atoms with E-state index in [-0.39, 0.29) is 5.54 Å². The SMILES string of the molecule is C=C(CC)n1cc(N2CCNC(C)(C)C2)cc(C)c1=N. The Kier molecular flexibility index (Phi) is 4.04. The zero-order chi connectivity index (χ0) is 14.9. The summed E-state index contributed by atoms with van der Waals surface area (Å²) in [4.78, 5) is 2.39. The maximum absolute atomic E-state index is 8.19. The molecule has 0 spiro atoms. The molecule has 0 amide bonds. The zero-order valence-corrected chi connectivity index (χ0v) is 13.1. The Morgan fingerprint density at radius 1 is 1.50 bits per heavy atom. The molecule has 1 aliphatic heterocycles. The normalized spacial score (nSPS) is 18.1. The monoisotopic (exact) mass is 274 g/mol. The van der Waals surface area contributed by atoms with Gasteiger partial charge in [0.05, 0.1) is 5.69 Å². The molecule has 4 heteroatoms. The fourth-order valence-corrected chi connectivity index (χ4v) is 2.67. The number of nitrogens with one attached hydrogen (secondary N) is 2. The molecule has 0 aliphatic carbocycles. The third-order valence-corrected chi connectivity index (χ3v) is 3.93. The molecule has 1 aromatic heterocycles. The lowest BCUT2D eigenvalue weighted by atomic mass is 10.0. The van der Waals surface area contributed by atoms with Crippen LogP contribution in [0.25, 0.3) is 5.70 Å². The summed E-state index contributed by atoms with van der Waals surface area (Å²) in [5, 5.41) is 11.7. The van der Waals surface area contributed by atoms with Crippen molar-refractivity contribution < 1.29 is 0 Å². The van der Waals surface area contributed by atoms with Crippen molar-refractivity contribution >= 4 is 11.4 Å². The van der Waals surface area contributed by atoms with E-state index in [4.69, 9.17) is 5.41 Å². The van der Waals surface area contributed by atoms with Gasteiger partial charge in [0.1, 0.15) is 5.49 Å². The maximum atomic E-state index is 8.19. The van der Waals surface area contributed by atoms with Crippen LogP contribution in [-0.2, 0) is 0 Å². The van der Waals surface area contributed by atoms with Crippen molar-refractivity contribution in [1.82, 2.24) is 9.88 Å². The van der Waals surface area contributed by atoms with E-state index in [1.54, 1.807) is 0 Å². The minimum absolute atomic E-state index is 0.123. The van der Waals surface area contributed by atoms with Crippen molar-refractivity contribution in [1.29, 1.82) is 5.41 Å². The number of rotatable bonds is 3. The summed E-state index contributed by atoms with van der Waals surface area (Å²) in [6, 6.07) is 2.11. The molecule has 1 fully saturated rings. The fraction of sp³-hybridized carbons (Fsp3) is 0.562. The molecule has 0 radical (unpaired) electrons. The van der Waals surface area contributed by atoms with Crippen molar-refractivity contribution in [2.24, 2.45) is 0 Å². The van der Waals surface area contributed by atoms with Crippen LogP contribution in [-0.4, -0.2) is 29.7 Å². The van der Waals surface area contributed by atoms with Crippen molar-refractivity contribution in [3.63, 3.8) is 0 Å². The summed E-state index contributed by atoms with van der Waals surface area (Å²) in [6.07, 6.45) is 2.91. The number of piperazine rings is 1. The minimum atomic E-state index is 0.123. The van der Waals surface area contributed by atoms with Gasteiger partial charge in [0, 0.05) is 37.1 Å². The first-order valence-electron chi connectivity index (χ1n) is 7.30. The van der Waals surface area contributed by atoms with E-state index in [9.17, 15) is 0 Å². The lowest BCUT2D eigenvalue weighted by Gasteiger charge is -2.40. The van der Waals surface area contributed by atoms with Gasteiger partial charge in [0.15, 0.2) is 0 Å². The second-order valence-electron chi connectivity index (χ2n) is 6.25. The third kappa shape index (κ3) is 2.96. The van der Waals surface area contributed by atoms with Crippen LogP contribution in [0.3, 0.4) is 0 Å². The van der Waals surface area contributed by atoms with E-state index in [0.29, 0.717) is 5.49 Å². The van der Waals surface area contributed by atoms with Crippen molar-refractivity contribution in [2.75, 3.05) is 24.5 Å². The topological polar surface area (TPSA) is 44.0 Å². The maximum Gasteiger partial charge on any atom is 0.132 e. The van der Waals surface area contributed by atoms with E-state index in [0.717, 1.165) is 37.3 Å². The predicted molar refractivity (Wildman–Crippen MR) is 84.9 cm³/mol. The average molecular weight is 274 g/mol. The van der Waals surface area contributed by atoms with E-state index in [1.807, 2.05) is 11.5 Å². The first-order valence-corrected chi connectivity index (χ1v) is 7.30. The van der Waals surface area contributed by atoms with Gasteiger partial charge >= 0.3 is 0 Å². The number of aryl methyl sites for hydroxylation is 1. The lowest BCUT2D eigenvalue weighted by molar-refractivity contribution is 0.353. The Balaban J connectivity index is 2.40. The molecule has 4 nitrogen and oxygen atoms in total. The van der Waals surface area contributed by atoms with E-state index in [1.165, 1.54) is 5.69 Å². The van der Waals surface area contributed by atoms with Crippen molar-refractivity contribution in [3.8, 4) is 0 Å². The van der Waals surface area contributed by atoms with Gasteiger partial charge in [-0.25, -0.2) is 0 Å². The molecule has 0 bridgehead atoms. The fourth-order valence-electron chi connectivity index (χ4n) is 2.67. The van der Waals surface area contributed by atoms with Gasteiger partial charge in [-0.1, -0.05) is 13.5 Å². The molecule has 2 N–H and O–H groups in total. The summed E-state index contributed by atoms with van der Waals surface area (Å²) >= 11 is 0. The van der Waals surface area contributed by atoms with Gasteiger partial charge in [-0.05, 0) is 38.8 Å². The number of nitrogens with zero attached hydrogens (tertiary/aromatic N) is 2. The first kappa shape index (κ1) is 14.9. The molecular weight excluding hydrogens is 248 g/mol. The molecular formula is C16H26N4. The van der Waals surface area contributed by atoms with Crippen LogP contribution in [0.1, 0.15) is 32.8 Å². The number of hydrogen-bond acceptors (Lipinski definition) is 3. The van der Waals surface area contributed by atoms with Crippen LogP contribution in [0.2, 0.25) is 0 Å². The van der Waals surface area contributed by atoms with Gasteiger partial charge in [0.25, 0.3) is 0 Å². The van der Waals surface area contributed by atoms with E-state index in [2.05, 4.69) is 49.8 Å². The Morgan fingerprint density at radius 2 is 2.20 bits per heavy atom. The van der Waals surface area contributed by atoms with Gasteiger partial charge in [-0.15, -0.1) is 0 Å². The van der Waals surface area contributed by atoms with Crippen LogP contribution >= 0.6 is 0 Å². The van der Waals surface area contributed by atoms with Crippen LogP contribution in [0.15, 0.2) is 18.8 Å². The smallest absolute Gasteiger partial charge is 0.132 e.